The number of hydrogen-bond donors (Lipinski definition) is 3. The van der Waals surface area contributed by atoms with Crippen LogP contribution in [0.1, 0.15) is 197 Å². The molecule has 3 aromatic heterocycles. The molecular weight excluding hydrogens is 1910 g/mol. The summed E-state index contributed by atoms with van der Waals surface area (Å²) < 4.78 is 165. The minimum atomic E-state index is -3.45. The number of methoxy groups -OCH3 is 3. The number of aromatic nitrogens is 6. The molecule has 33 nitrogen and oxygen atoms in total. The normalized spacial score (nSPS) is 30.6. The first-order valence-electron chi connectivity index (χ1n) is 45.9. The van der Waals surface area contributed by atoms with Crippen LogP contribution in [0, 0.1) is 45.8 Å². The van der Waals surface area contributed by atoms with Crippen LogP contribution in [0.15, 0.2) is 54.6 Å². The first-order valence-corrected chi connectivity index (χ1v) is 45.9. The number of nitrogens with zero attached hydrogens (tertiary/aromatic N) is 9. The van der Waals surface area contributed by atoms with Crippen LogP contribution in [0.5, 0.6) is 34.9 Å². The number of fused-ring (bicyclic) bond motifs is 17. The molecule has 6 aromatic rings. The number of hydrogen-bond acceptors (Lipinski definition) is 27. The Morgan fingerprint density at radius 1 is 0.438 bits per heavy atom. The molecule has 3 saturated heterocycles. The first kappa shape index (κ1) is 108. The predicted molar refractivity (Wildman–Crippen MR) is 470 cm³/mol. The second-order valence-electron chi connectivity index (χ2n) is 39.8. The molecule has 4 aliphatic carbocycles. The summed E-state index contributed by atoms with van der Waals surface area (Å²) in [5.41, 5.74) is -3.66. The summed E-state index contributed by atoms with van der Waals surface area (Å²) in [7, 11) is 4.44. The zero-order valence-corrected chi connectivity index (χ0v) is 83.7. The molecule has 0 spiro atoms. The van der Waals surface area contributed by atoms with Crippen LogP contribution in [0.25, 0.3) is 33.1 Å². The van der Waals surface area contributed by atoms with Crippen LogP contribution in [0.2, 0.25) is 0 Å². The summed E-state index contributed by atoms with van der Waals surface area (Å²) in [6.07, 6.45) is 1.14. The average molecular weight is 2030 g/mol. The van der Waals surface area contributed by atoms with Gasteiger partial charge in [-0.15, -0.1) is 0 Å². The number of carbonyl (C=O) groups excluding carboxylic acids is 9. The number of amides is 6. The molecule has 2 unspecified atom stereocenters. The molecular formula is C95H119F6N12O21V3-3. The van der Waals surface area contributed by atoms with Gasteiger partial charge in [-0.3, -0.25) is 14.4 Å². The van der Waals surface area contributed by atoms with Crippen molar-refractivity contribution in [3.63, 3.8) is 0 Å². The number of benzene rings is 3. The number of nitrogens with one attached hydrogen (secondary N) is 3. The Morgan fingerprint density at radius 3 is 1.20 bits per heavy atom. The molecule has 4 saturated carbocycles. The van der Waals surface area contributed by atoms with Crippen LogP contribution >= 0.6 is 0 Å². The van der Waals surface area contributed by atoms with E-state index in [0.717, 1.165) is 12.8 Å². The van der Waals surface area contributed by atoms with E-state index >= 15 is 26.3 Å². The zero-order valence-electron chi connectivity index (χ0n) is 79.5. The quantitative estimate of drug-likeness (QED) is 0.0723. The Balaban J connectivity index is 0.000000195. The van der Waals surface area contributed by atoms with Gasteiger partial charge in [0.25, 0.3) is 17.8 Å². The third-order valence-electron chi connectivity index (χ3n) is 27.1. The molecule has 6 amide bonds. The smallest absolute Gasteiger partial charge is 0.408 e. The first-order chi connectivity index (χ1) is 63.4. The van der Waals surface area contributed by atoms with Crippen molar-refractivity contribution in [2.24, 2.45) is 45.8 Å². The summed E-state index contributed by atoms with van der Waals surface area (Å²) >= 11 is 0. The van der Waals surface area contributed by atoms with E-state index in [4.69, 9.17) is 56.8 Å². The molecule has 6 aliphatic heterocycles. The van der Waals surface area contributed by atoms with Crippen LogP contribution < -0.4 is 44.4 Å². The number of rotatable bonds is 8. The van der Waals surface area contributed by atoms with E-state index in [1.807, 2.05) is 32.7 Å². The third-order valence-corrected chi connectivity index (χ3v) is 27.1. The van der Waals surface area contributed by atoms with Gasteiger partial charge in [0.1, 0.15) is 71.5 Å². The second kappa shape index (κ2) is 43.6. The van der Waals surface area contributed by atoms with Crippen molar-refractivity contribution in [3.05, 3.63) is 71.7 Å². The summed E-state index contributed by atoms with van der Waals surface area (Å²) in [6, 6.07) is 7.85. The van der Waals surface area contributed by atoms with Gasteiger partial charge in [-0.25, -0.2) is 63.1 Å². The zero-order chi connectivity index (χ0) is 96.8. The van der Waals surface area contributed by atoms with E-state index in [1.165, 1.54) is 42.1 Å². The van der Waals surface area contributed by atoms with Crippen LogP contribution in [-0.4, -0.2) is 251 Å². The van der Waals surface area contributed by atoms with E-state index < -0.39 is 221 Å². The van der Waals surface area contributed by atoms with Gasteiger partial charge in [-0.05, 0) is 141 Å². The minimum absolute atomic E-state index is 0. The van der Waals surface area contributed by atoms with Crippen molar-refractivity contribution < 1.29 is 182 Å². The van der Waals surface area contributed by atoms with Crippen molar-refractivity contribution in [2.75, 3.05) is 60.8 Å². The molecule has 9 heterocycles. The van der Waals surface area contributed by atoms with Crippen LogP contribution in [0.3, 0.4) is 0 Å². The van der Waals surface area contributed by atoms with E-state index in [-0.39, 0.29) is 160 Å². The SMILES string of the molecule is CC[C@@H]1[C@@H]2CN(C(=O)[C@H](C(C)(C)C)NC(=O)O[C@@H]3CC4CC4[C@H]3OCCCC(F)(F)c3nc4ccc(OC)cc4nc3O2)[C@@H]1[C-]=O.CC[C@@H]1[C@@H]2CN(C(=O)[C@H](C(C)(C)C)NC(=O)O[C@]3(C)CCC[C@H]3OCCCC(F)(F)c3nc4ccc(OC)cc4nc3O2)[C@@H]1[C-]=O.COc1ccc2nc3c(nc2c1)O[C@H]1CN(C(=O)[C@H](C(C)(C)C)NC(=O)O[C@@H]2C[C@H]2OCCCC3(F)F)[C@H]([C-]=O)[C@@H]1C.[V].[V].[V]. The van der Waals surface area contributed by atoms with Crippen LogP contribution in [0.4, 0.5) is 40.7 Å². The van der Waals surface area contributed by atoms with E-state index in [9.17, 15) is 43.2 Å². The molecule has 20 atom stereocenters. The Labute approximate surface area is 827 Å². The maximum absolute atomic E-state index is 16.0. The molecule has 137 heavy (non-hydrogen) atoms. The number of carbonyl (C=O) groups is 6. The van der Waals surface area contributed by atoms with Crippen LogP contribution in [-0.2, 0) is 131 Å². The van der Waals surface area contributed by atoms with Crippen molar-refractivity contribution in [1.29, 1.82) is 0 Å². The van der Waals surface area contributed by atoms with Gasteiger partial charge < -0.3 is 102 Å². The molecule has 3 aromatic carbocycles. The number of alkyl halides is 6. The predicted octanol–water partition coefficient (Wildman–Crippen LogP) is 13.2. The van der Waals surface area contributed by atoms with Gasteiger partial charge in [-0.1, -0.05) is 114 Å². The van der Waals surface area contributed by atoms with Gasteiger partial charge in [-0.2, -0.15) is 26.3 Å². The van der Waals surface area contributed by atoms with Gasteiger partial charge in [0, 0.05) is 119 Å². The van der Waals surface area contributed by atoms with E-state index in [1.54, 1.807) is 125 Å². The van der Waals surface area contributed by atoms with Crippen molar-refractivity contribution in [1.82, 2.24) is 60.6 Å². The van der Waals surface area contributed by atoms with Crippen molar-refractivity contribution in [2.45, 2.75) is 288 Å². The monoisotopic (exact) mass is 2030 g/mol. The second-order valence-corrected chi connectivity index (χ2v) is 39.8. The summed E-state index contributed by atoms with van der Waals surface area (Å²) in [6.45, 7) is 22.9. The van der Waals surface area contributed by atoms with Crippen molar-refractivity contribution >= 4 is 88.0 Å². The minimum Gasteiger partial charge on any atom is -0.540 e. The summed E-state index contributed by atoms with van der Waals surface area (Å²) in [5, 5.41) is 8.17. The fraction of sp³-hybridized carbons (Fsp3) is 0.653. The Bertz CT molecular complexity index is 5260. The molecule has 42 heteroatoms. The van der Waals surface area contributed by atoms with Gasteiger partial charge in [0.05, 0.1) is 92.4 Å². The number of alkyl carbamates (subject to hydrolysis) is 3. The molecule has 7 fully saturated rings. The van der Waals surface area contributed by atoms with E-state index in [2.05, 4.69) is 45.9 Å². The topological polar surface area (TPSA) is 388 Å². The summed E-state index contributed by atoms with van der Waals surface area (Å²) in [5.74, 6) is -13.0. The molecule has 10 aliphatic rings. The van der Waals surface area contributed by atoms with E-state index in [0.29, 0.717) is 67.2 Å². The Morgan fingerprint density at radius 2 is 0.810 bits per heavy atom. The number of halogens is 6. The van der Waals surface area contributed by atoms with Gasteiger partial charge in [0.2, 0.25) is 35.4 Å². The van der Waals surface area contributed by atoms with Crippen molar-refractivity contribution in [3.8, 4) is 34.9 Å². The average Bonchev–Trinajstić information content (AvgIpc) is 1.57. The Hall–Kier alpha value is -9.08. The fourth-order valence-corrected chi connectivity index (χ4v) is 19.3. The standard InChI is InChI=1S/C33H41F2N4O7.C33H43F2N4O7.C29H35F2N4O7.3V/c1-6-19-23(16-40)39-15-25(19)45-29-27(36-21-9-8-18(43-5)14-22(21)37-29)33(34,35)10-7-11-44-26-20-12-17(20)13-24(26)46-31(42)38-28(30(39)41)32(2,3)4;1-7-20-23(18-40)39-17-24(20)45-28-26(36-21-12-11-19(43-6)16-22(21)37-28)33(34,35)14-9-15-44-25-10-8-13-32(25,5)46-30(42)38-27(29(39)41)31(2,3)4;1-15-19(14-36)35-13-22(15)41-25-23(32-17-8-7-16(39-5)11-18(17)33-25)29(30,31)9-6-10-40-20-12-21(20)42-27(38)34-24(26(35)37)28(2,3)4;;;/h8-9,14,17,19-20,23-26,28H,6-7,10-13,15H2,1-5H3,(H,38,42);11-12,16,20,23-25,27H,7-10,13-15,17H2,1-6H3,(H,38,42);7-8,11,15,19-22,24H,6,9-10,12-13H2,1-5H3,(H,34,38);;;/q3*-1;;;/t17?,19-,20?,23+,24+,25-,26+,28+;20-,23+,24-,25+,27+,32+;15-,19+,20+,21+,22-,24+;;;/m000.../s1. The maximum Gasteiger partial charge on any atom is 0.408 e. The molecule has 3 radical (unpaired) electrons. The van der Waals surface area contributed by atoms with Gasteiger partial charge in [0.15, 0.2) is 17.1 Å². The fourth-order valence-electron chi connectivity index (χ4n) is 19.3. The maximum atomic E-state index is 16.0. The Kier molecular flexibility index (Phi) is 34.5. The molecule has 745 valence electrons. The largest absolute Gasteiger partial charge is 0.540 e. The third kappa shape index (κ3) is 23.9. The van der Waals surface area contributed by atoms with Gasteiger partial charge >= 0.3 is 18.3 Å². The summed E-state index contributed by atoms with van der Waals surface area (Å²) in [4.78, 5) is 148. The molecule has 6 bridgehead atoms. The molecule has 3 N–H and O–H groups in total. The molecule has 16 rings (SSSR count). The number of ether oxygens (including phenoxy) is 12.